The maximum Gasteiger partial charge on any atom is 0.297 e. The maximum absolute atomic E-state index is 11.7. The van der Waals surface area contributed by atoms with Gasteiger partial charge in [0.05, 0.1) is 13.2 Å². The van der Waals surface area contributed by atoms with Gasteiger partial charge in [0.2, 0.25) is 5.69 Å². The number of aromatic nitrogens is 1. The largest absolute Gasteiger partial charge is 0.379 e. The summed E-state index contributed by atoms with van der Waals surface area (Å²) in [5.41, 5.74) is -2.61. The first-order valence-corrected chi connectivity index (χ1v) is 10.4. The van der Waals surface area contributed by atoms with Gasteiger partial charge in [0, 0.05) is 0 Å². The van der Waals surface area contributed by atoms with E-state index in [1.807, 2.05) is 13.8 Å². The molecule has 1 rings (SSSR count). The van der Waals surface area contributed by atoms with Crippen LogP contribution in [0.15, 0.2) is 13.8 Å². The Bertz CT molecular complexity index is 491. The summed E-state index contributed by atoms with van der Waals surface area (Å²) in [5.74, 6) is 0.824. The van der Waals surface area contributed by atoms with Gasteiger partial charge < -0.3 is 13.6 Å². The summed E-state index contributed by atoms with van der Waals surface area (Å²) in [6.45, 7) is 6.41. The first-order valence-electron chi connectivity index (χ1n) is 5.33. The van der Waals surface area contributed by atoms with Crippen LogP contribution in [0.5, 0.6) is 0 Å². The minimum Gasteiger partial charge on any atom is -0.379 e. The van der Waals surface area contributed by atoms with Gasteiger partial charge >= 0.3 is 0 Å². The third-order valence-corrected chi connectivity index (χ3v) is 8.10. The van der Waals surface area contributed by atoms with Crippen LogP contribution in [-0.2, 0) is 26.7 Å². The Balaban J connectivity index is 2.76. The van der Waals surface area contributed by atoms with Crippen molar-refractivity contribution in [3.05, 3.63) is 20.6 Å². The minimum absolute atomic E-state index is 0.213. The lowest BCUT2D eigenvalue weighted by molar-refractivity contribution is 0.273. The highest BCUT2D eigenvalue weighted by Crippen LogP contribution is 2.61. The molecule has 0 radical (unpaired) electrons. The molecule has 18 heavy (non-hydrogen) atoms. The summed E-state index contributed by atoms with van der Waals surface area (Å²) in [6.07, 6.45) is 0. The Labute approximate surface area is 123 Å². The second-order valence-corrected chi connectivity index (χ2v) is 10.3. The van der Waals surface area contributed by atoms with Gasteiger partial charge in [0.1, 0.15) is 16.1 Å². The number of rotatable bonds is 7. The molecule has 0 aliphatic heterocycles. The van der Waals surface area contributed by atoms with Gasteiger partial charge in [-0.1, -0.05) is 0 Å². The van der Waals surface area contributed by atoms with Crippen molar-refractivity contribution in [1.29, 1.82) is 0 Å². The Morgan fingerprint density at radius 1 is 1.44 bits per heavy atom. The van der Waals surface area contributed by atoms with E-state index in [1.165, 1.54) is 16.1 Å². The average Bonchev–Trinajstić information content (AvgIpc) is 2.55. The standard InChI is InChI=1S/C9H15BrNO4PS2/c1-4-13-16(17,14-5-2)18-6-11-9(12)8(10)7(3)15-11/h4-6H2,1-3H3. The van der Waals surface area contributed by atoms with E-state index in [9.17, 15) is 4.79 Å². The Hall–Kier alpha value is 0.410. The summed E-state index contributed by atoms with van der Waals surface area (Å²) >= 11 is 9.80. The van der Waals surface area contributed by atoms with Crippen LogP contribution in [0.3, 0.4) is 0 Å². The molecule has 0 bridgehead atoms. The summed E-state index contributed by atoms with van der Waals surface area (Å²) < 4.78 is 17.9. The highest BCUT2D eigenvalue weighted by atomic mass is 79.9. The third-order valence-electron chi connectivity index (χ3n) is 1.88. The fourth-order valence-corrected chi connectivity index (χ4v) is 5.56. The third kappa shape index (κ3) is 4.21. The van der Waals surface area contributed by atoms with Crippen molar-refractivity contribution >= 4 is 44.8 Å². The molecule has 0 N–H and O–H groups in total. The lowest BCUT2D eigenvalue weighted by Crippen LogP contribution is -2.13. The lowest BCUT2D eigenvalue weighted by Gasteiger charge is -2.19. The number of nitrogens with zero attached hydrogens (tertiary/aromatic N) is 1. The highest BCUT2D eigenvalue weighted by Gasteiger charge is 2.21. The topological polar surface area (TPSA) is 53.6 Å². The molecule has 1 aromatic heterocycles. The van der Waals surface area contributed by atoms with Gasteiger partial charge in [-0.3, -0.25) is 4.79 Å². The Kier molecular flexibility index (Phi) is 6.64. The summed E-state index contributed by atoms with van der Waals surface area (Å²) in [6, 6.07) is 0. The van der Waals surface area contributed by atoms with E-state index in [2.05, 4.69) is 15.9 Å². The highest BCUT2D eigenvalue weighted by molar-refractivity contribution is 9.10. The predicted molar refractivity (Wildman–Crippen MR) is 80.5 cm³/mol. The van der Waals surface area contributed by atoms with Crippen LogP contribution < -0.4 is 5.56 Å². The van der Waals surface area contributed by atoms with Crippen molar-refractivity contribution < 1.29 is 13.6 Å². The van der Waals surface area contributed by atoms with Gasteiger partial charge in [-0.25, -0.2) is 0 Å². The van der Waals surface area contributed by atoms with Crippen molar-refractivity contribution in [2.75, 3.05) is 13.2 Å². The summed E-state index contributed by atoms with van der Waals surface area (Å²) in [7, 11) is 0. The molecule has 5 nitrogen and oxygen atoms in total. The molecule has 0 fully saturated rings. The van der Waals surface area contributed by atoms with E-state index >= 15 is 0 Å². The Morgan fingerprint density at radius 2 is 2.00 bits per heavy atom. The molecule has 0 aromatic carbocycles. The smallest absolute Gasteiger partial charge is 0.297 e. The van der Waals surface area contributed by atoms with Gasteiger partial charge in [-0.2, -0.15) is 4.74 Å². The van der Waals surface area contributed by atoms with Gasteiger partial charge in [-0.15, -0.1) is 0 Å². The van der Waals surface area contributed by atoms with Crippen LogP contribution in [0.4, 0.5) is 0 Å². The molecule has 9 heteroatoms. The molecule has 0 saturated heterocycles. The van der Waals surface area contributed by atoms with Crippen LogP contribution in [0.25, 0.3) is 0 Å². The number of hydrogen-bond donors (Lipinski definition) is 0. The zero-order chi connectivity index (χ0) is 13.8. The second-order valence-electron chi connectivity index (χ2n) is 3.19. The first kappa shape index (κ1) is 16.5. The van der Waals surface area contributed by atoms with Crippen molar-refractivity contribution in [3.63, 3.8) is 0 Å². The quantitative estimate of drug-likeness (QED) is 0.679. The zero-order valence-corrected chi connectivity index (χ0v) is 14.5. The lowest BCUT2D eigenvalue weighted by atomic mass is 10.5. The molecule has 1 aromatic rings. The molecule has 0 atom stereocenters. The van der Waals surface area contributed by atoms with E-state index < -0.39 is 5.69 Å². The first-order chi connectivity index (χ1) is 8.43. The van der Waals surface area contributed by atoms with Crippen LogP contribution in [-0.4, -0.2) is 18.0 Å². The van der Waals surface area contributed by atoms with Crippen LogP contribution in [0, 0.1) is 6.92 Å². The van der Waals surface area contributed by atoms with Crippen molar-refractivity contribution in [1.82, 2.24) is 4.74 Å². The van der Waals surface area contributed by atoms with Crippen molar-refractivity contribution in [3.8, 4) is 0 Å². The van der Waals surface area contributed by atoms with Gasteiger partial charge in [0.25, 0.3) is 5.56 Å². The minimum atomic E-state index is -2.40. The van der Waals surface area contributed by atoms with Crippen LogP contribution >= 0.6 is 33.0 Å². The van der Waals surface area contributed by atoms with E-state index in [4.69, 9.17) is 25.4 Å². The molecule has 104 valence electrons. The van der Waals surface area contributed by atoms with Crippen molar-refractivity contribution in [2.45, 2.75) is 26.6 Å². The van der Waals surface area contributed by atoms with E-state index in [-0.39, 0.29) is 11.4 Å². The van der Waals surface area contributed by atoms with E-state index in [0.29, 0.717) is 23.4 Å². The molecule has 0 unspecified atom stereocenters. The maximum atomic E-state index is 11.7. The van der Waals surface area contributed by atoms with Crippen molar-refractivity contribution in [2.24, 2.45) is 0 Å². The molecule has 0 amide bonds. The number of aryl methyl sites for hydroxylation is 1. The van der Waals surface area contributed by atoms with Crippen LogP contribution in [0.1, 0.15) is 19.6 Å². The summed E-state index contributed by atoms with van der Waals surface area (Å²) in [4.78, 5) is 11.7. The fourth-order valence-electron chi connectivity index (χ4n) is 1.14. The molecule has 0 spiro atoms. The molecule has 1 heterocycles. The normalized spacial score (nSPS) is 12.0. The average molecular weight is 376 g/mol. The van der Waals surface area contributed by atoms with Gasteiger partial charge in [-0.05, 0) is 59.9 Å². The summed E-state index contributed by atoms with van der Waals surface area (Å²) in [5, 5.41) is 0. The molecule has 0 aliphatic rings. The van der Waals surface area contributed by atoms with E-state index in [1.54, 1.807) is 6.92 Å². The monoisotopic (exact) mass is 375 g/mol. The fraction of sp³-hybridized carbons (Fsp3) is 0.667. The zero-order valence-electron chi connectivity index (χ0n) is 10.3. The predicted octanol–water partition coefficient (Wildman–Crippen LogP) is 3.50. The van der Waals surface area contributed by atoms with Gasteiger partial charge in [0.15, 0.2) is 0 Å². The molecular weight excluding hydrogens is 361 g/mol. The molecule has 0 saturated carbocycles. The number of hydrogen-bond acceptors (Lipinski definition) is 6. The Morgan fingerprint density at radius 3 is 2.39 bits per heavy atom. The molecule has 0 aliphatic carbocycles. The molecular formula is C9H15BrNO4PS2. The SMILES string of the molecule is CCOP(=S)(OCC)SCn1oc(C)c(Br)c1=O. The van der Waals surface area contributed by atoms with E-state index in [0.717, 1.165) is 0 Å². The van der Waals surface area contributed by atoms with Crippen LogP contribution in [0.2, 0.25) is 0 Å². The number of halogens is 1. The second kappa shape index (κ2) is 7.26.